The molecule has 1 aromatic heterocycles. The van der Waals surface area contributed by atoms with Gasteiger partial charge in [-0.3, -0.25) is 4.90 Å². The van der Waals surface area contributed by atoms with Crippen LogP contribution in [0.3, 0.4) is 0 Å². The van der Waals surface area contributed by atoms with Gasteiger partial charge in [-0.1, -0.05) is 0 Å². The van der Waals surface area contributed by atoms with Crippen molar-refractivity contribution in [2.24, 2.45) is 7.05 Å². The average Bonchev–Trinajstić information content (AvgIpc) is 2.75. The molecule has 0 aliphatic carbocycles. The second-order valence-electron chi connectivity index (χ2n) is 4.48. The topological polar surface area (TPSA) is 48.1 Å². The van der Waals surface area contributed by atoms with Crippen LogP contribution in [-0.2, 0) is 13.5 Å². The van der Waals surface area contributed by atoms with Crippen LogP contribution in [0.5, 0.6) is 0 Å². The van der Waals surface area contributed by atoms with Gasteiger partial charge >= 0.3 is 0 Å². The number of aryl methyl sites for hydroxylation is 1. The van der Waals surface area contributed by atoms with Gasteiger partial charge < -0.3 is 9.47 Å². The Bertz CT molecular complexity index is 384. The molecule has 1 saturated heterocycles. The van der Waals surface area contributed by atoms with Crippen LogP contribution in [0.15, 0.2) is 12.4 Å². The quantitative estimate of drug-likeness (QED) is 0.692. The first-order valence-corrected chi connectivity index (χ1v) is 6.07. The summed E-state index contributed by atoms with van der Waals surface area (Å²) < 4.78 is 2.08. The van der Waals surface area contributed by atoms with Crippen molar-refractivity contribution in [3.05, 3.63) is 18.2 Å². The third-order valence-corrected chi connectivity index (χ3v) is 3.33. The second kappa shape index (κ2) is 5.80. The number of hydrogen-bond donors (Lipinski definition) is 0. The summed E-state index contributed by atoms with van der Waals surface area (Å²) in [6, 6.07) is 2.21. The number of nitriles is 1. The maximum atomic E-state index is 8.63. The fourth-order valence-electron chi connectivity index (χ4n) is 2.17. The van der Waals surface area contributed by atoms with Crippen molar-refractivity contribution in [1.29, 1.82) is 5.26 Å². The van der Waals surface area contributed by atoms with Gasteiger partial charge in [0.1, 0.15) is 5.82 Å². The van der Waals surface area contributed by atoms with Gasteiger partial charge in [0.2, 0.25) is 0 Å². The molecule has 0 amide bonds. The molecule has 2 heterocycles. The molecule has 0 unspecified atom stereocenters. The highest BCUT2D eigenvalue weighted by Crippen LogP contribution is 2.03. The molecule has 1 aliphatic heterocycles. The lowest BCUT2D eigenvalue weighted by Crippen LogP contribution is -2.46. The number of imidazole rings is 1. The van der Waals surface area contributed by atoms with Crippen LogP contribution < -0.4 is 0 Å². The van der Waals surface area contributed by atoms with Crippen molar-refractivity contribution in [2.45, 2.75) is 6.42 Å². The van der Waals surface area contributed by atoms with E-state index in [9.17, 15) is 0 Å². The second-order valence-corrected chi connectivity index (χ2v) is 4.48. The molecule has 0 radical (unpaired) electrons. The van der Waals surface area contributed by atoms with Crippen molar-refractivity contribution in [3.63, 3.8) is 0 Å². The van der Waals surface area contributed by atoms with Crippen molar-refractivity contribution >= 4 is 0 Å². The zero-order valence-corrected chi connectivity index (χ0v) is 10.3. The number of hydrogen-bond acceptors (Lipinski definition) is 4. The number of rotatable bonds is 4. The third-order valence-electron chi connectivity index (χ3n) is 3.33. The zero-order chi connectivity index (χ0) is 12.1. The molecule has 5 heteroatoms. The summed E-state index contributed by atoms with van der Waals surface area (Å²) in [6.45, 7) is 5.76. The molecule has 92 valence electrons. The van der Waals surface area contributed by atoms with Gasteiger partial charge in [0.05, 0.1) is 12.6 Å². The van der Waals surface area contributed by atoms with Crippen LogP contribution in [0, 0.1) is 11.3 Å². The van der Waals surface area contributed by atoms with Crippen LogP contribution >= 0.6 is 0 Å². The Kier molecular flexibility index (Phi) is 4.13. The fraction of sp³-hybridized carbons (Fsp3) is 0.667. The predicted molar refractivity (Wildman–Crippen MR) is 65.4 cm³/mol. The number of nitrogens with zero attached hydrogens (tertiary/aromatic N) is 5. The van der Waals surface area contributed by atoms with E-state index in [4.69, 9.17) is 5.26 Å². The highest BCUT2D eigenvalue weighted by atomic mass is 15.3. The predicted octanol–water partition coefficient (Wildman–Crippen LogP) is 0.104. The summed E-state index contributed by atoms with van der Waals surface area (Å²) in [6.07, 6.45) is 4.84. The van der Waals surface area contributed by atoms with Crippen LogP contribution in [0.4, 0.5) is 0 Å². The molecule has 1 fully saturated rings. The lowest BCUT2D eigenvalue weighted by atomic mass is 10.3. The van der Waals surface area contributed by atoms with Crippen molar-refractivity contribution in [2.75, 3.05) is 39.3 Å². The van der Waals surface area contributed by atoms with Crippen molar-refractivity contribution in [1.82, 2.24) is 19.4 Å². The van der Waals surface area contributed by atoms with E-state index >= 15 is 0 Å². The van der Waals surface area contributed by atoms with E-state index in [1.165, 1.54) is 0 Å². The fourth-order valence-corrected chi connectivity index (χ4v) is 2.17. The van der Waals surface area contributed by atoms with Gasteiger partial charge in [-0.15, -0.1) is 0 Å². The molecule has 0 atom stereocenters. The molecule has 0 saturated carbocycles. The van der Waals surface area contributed by atoms with Crippen LogP contribution in [0.25, 0.3) is 0 Å². The van der Waals surface area contributed by atoms with Crippen LogP contribution in [0.1, 0.15) is 5.82 Å². The molecule has 0 aromatic carbocycles. The number of piperazine rings is 1. The van der Waals surface area contributed by atoms with E-state index in [2.05, 4.69) is 25.4 Å². The maximum Gasteiger partial charge on any atom is 0.109 e. The molecule has 1 aliphatic rings. The molecule has 0 N–H and O–H groups in total. The molecule has 17 heavy (non-hydrogen) atoms. The molecule has 0 bridgehead atoms. The van der Waals surface area contributed by atoms with Crippen molar-refractivity contribution < 1.29 is 0 Å². The first-order chi connectivity index (χ1) is 8.29. The summed E-state index contributed by atoms with van der Waals surface area (Å²) in [5, 5.41) is 8.63. The maximum absolute atomic E-state index is 8.63. The van der Waals surface area contributed by atoms with Crippen LogP contribution in [-0.4, -0.2) is 58.6 Å². The van der Waals surface area contributed by atoms with Gasteiger partial charge in [0.25, 0.3) is 0 Å². The molecule has 5 nitrogen and oxygen atoms in total. The van der Waals surface area contributed by atoms with Crippen molar-refractivity contribution in [3.8, 4) is 6.07 Å². The Balaban J connectivity index is 1.72. The Morgan fingerprint density at radius 1 is 1.29 bits per heavy atom. The van der Waals surface area contributed by atoms with Crippen LogP contribution in [0.2, 0.25) is 0 Å². The summed E-state index contributed by atoms with van der Waals surface area (Å²) in [5.74, 6) is 1.14. The highest BCUT2D eigenvalue weighted by Gasteiger charge is 2.16. The summed E-state index contributed by atoms with van der Waals surface area (Å²) in [7, 11) is 2.03. The Morgan fingerprint density at radius 3 is 2.59 bits per heavy atom. The zero-order valence-electron chi connectivity index (χ0n) is 10.3. The first-order valence-electron chi connectivity index (χ1n) is 6.07. The van der Waals surface area contributed by atoms with E-state index < -0.39 is 0 Å². The minimum Gasteiger partial charge on any atom is -0.338 e. The minimum atomic E-state index is 0.563. The van der Waals surface area contributed by atoms with Gasteiger partial charge in [-0.05, 0) is 0 Å². The summed E-state index contributed by atoms with van der Waals surface area (Å²) in [4.78, 5) is 8.98. The molecular weight excluding hydrogens is 214 g/mol. The lowest BCUT2D eigenvalue weighted by molar-refractivity contribution is 0.144. The SMILES string of the molecule is Cn1ccnc1CCN1CCN(CC#N)CC1. The average molecular weight is 233 g/mol. The smallest absolute Gasteiger partial charge is 0.109 e. The van der Waals surface area contributed by atoms with E-state index in [-0.39, 0.29) is 0 Å². The van der Waals surface area contributed by atoms with E-state index in [0.717, 1.165) is 45.0 Å². The molecule has 1 aromatic rings. The lowest BCUT2D eigenvalue weighted by Gasteiger charge is -2.33. The Morgan fingerprint density at radius 2 is 2.00 bits per heavy atom. The van der Waals surface area contributed by atoms with Gasteiger partial charge in [-0.2, -0.15) is 5.26 Å². The highest BCUT2D eigenvalue weighted by molar-refractivity contribution is 4.92. The van der Waals surface area contributed by atoms with E-state index in [0.29, 0.717) is 6.54 Å². The van der Waals surface area contributed by atoms with E-state index in [1.807, 2.05) is 19.4 Å². The Hall–Kier alpha value is -1.38. The van der Waals surface area contributed by atoms with E-state index in [1.54, 1.807) is 0 Å². The van der Waals surface area contributed by atoms with Gasteiger partial charge in [0.15, 0.2) is 0 Å². The monoisotopic (exact) mass is 233 g/mol. The summed E-state index contributed by atoms with van der Waals surface area (Å²) in [5.41, 5.74) is 0. The first kappa shape index (κ1) is 12.1. The molecule has 0 spiro atoms. The van der Waals surface area contributed by atoms with Gasteiger partial charge in [0, 0.05) is 58.6 Å². The molecule has 2 rings (SSSR count). The van der Waals surface area contributed by atoms with Gasteiger partial charge in [-0.25, -0.2) is 4.98 Å². The minimum absolute atomic E-state index is 0.563. The third kappa shape index (κ3) is 3.29. The normalized spacial score (nSPS) is 18.1. The largest absolute Gasteiger partial charge is 0.338 e. The summed E-state index contributed by atoms with van der Waals surface area (Å²) >= 11 is 0. The number of aromatic nitrogens is 2. The Labute approximate surface area is 102 Å². The molecular formula is C12H19N5. The standard InChI is InChI=1S/C12H19N5/c1-15-7-4-14-12(15)2-5-16-8-10-17(6-3-13)11-9-16/h4,7H,2,5-6,8-11H2,1H3.